The van der Waals surface area contributed by atoms with E-state index in [1.54, 1.807) is 12.1 Å². The van der Waals surface area contributed by atoms with Crippen LogP contribution in [0.4, 0.5) is 5.69 Å². The third-order valence-corrected chi connectivity index (χ3v) is 9.77. The predicted octanol–water partition coefficient (Wildman–Crippen LogP) is 4.58. The minimum absolute atomic E-state index is 0.0964. The molecular formula is C30H34N4O2. The first kappa shape index (κ1) is 22.1. The summed E-state index contributed by atoms with van der Waals surface area (Å²) in [5.74, 6) is 1.14. The molecule has 4 aliphatic heterocycles. The van der Waals surface area contributed by atoms with Gasteiger partial charge in [-0.25, -0.2) is 0 Å². The lowest BCUT2D eigenvalue weighted by Gasteiger charge is -2.46. The lowest BCUT2D eigenvalue weighted by Crippen LogP contribution is -2.53. The lowest BCUT2D eigenvalue weighted by atomic mass is 9.68. The Hall–Kier alpha value is -3.09. The number of benzene rings is 2. The molecule has 0 saturated carbocycles. The minimum atomic E-state index is -0.530. The van der Waals surface area contributed by atoms with Crippen molar-refractivity contribution in [1.29, 1.82) is 0 Å². The molecule has 4 aliphatic rings. The molecule has 7 rings (SSSR count). The van der Waals surface area contributed by atoms with Crippen LogP contribution >= 0.6 is 0 Å². The number of rotatable bonds is 3. The normalized spacial score (nSPS) is 31.9. The number of carbonyl (C=O) groups excluding carboxylic acids is 1. The van der Waals surface area contributed by atoms with Gasteiger partial charge in [0.05, 0.1) is 11.5 Å². The van der Waals surface area contributed by atoms with Crippen LogP contribution in [0.15, 0.2) is 55.1 Å². The SMILES string of the molecule is C=C[C@H]1CN2CC[C@@]3(C(=O)Nc4cc(O)ccc43)[C@@H]2C[C@H]1C[C@H]1c2[nH]c3ccccc3c2CCN1C. The third kappa shape index (κ3) is 3.01. The molecule has 2 fully saturated rings. The van der Waals surface area contributed by atoms with E-state index < -0.39 is 5.41 Å². The average molecular weight is 483 g/mol. The van der Waals surface area contributed by atoms with E-state index >= 15 is 0 Å². The molecule has 1 amide bonds. The number of phenolic OH excluding ortho intramolecular Hbond substituents is 1. The van der Waals surface area contributed by atoms with E-state index in [1.165, 1.54) is 22.2 Å². The van der Waals surface area contributed by atoms with Crippen molar-refractivity contribution < 1.29 is 9.90 Å². The summed E-state index contributed by atoms with van der Waals surface area (Å²) in [6.45, 7) is 7.17. The Morgan fingerprint density at radius 2 is 2.08 bits per heavy atom. The number of phenols is 1. The highest BCUT2D eigenvalue weighted by atomic mass is 16.3. The van der Waals surface area contributed by atoms with E-state index in [2.05, 4.69) is 64.1 Å². The summed E-state index contributed by atoms with van der Waals surface area (Å²) < 4.78 is 0. The number of nitrogens with one attached hydrogen (secondary N) is 2. The molecule has 1 spiro atoms. The Morgan fingerprint density at radius 1 is 1.22 bits per heavy atom. The maximum atomic E-state index is 13.5. The van der Waals surface area contributed by atoms with Gasteiger partial charge in [0.15, 0.2) is 0 Å². The average Bonchev–Trinajstić information content (AvgIpc) is 3.52. The van der Waals surface area contributed by atoms with Gasteiger partial charge in [0.25, 0.3) is 0 Å². The second kappa shape index (κ2) is 7.95. The van der Waals surface area contributed by atoms with Crippen molar-refractivity contribution in [3.63, 3.8) is 0 Å². The highest BCUT2D eigenvalue weighted by Gasteiger charge is 2.59. The molecule has 2 saturated heterocycles. The van der Waals surface area contributed by atoms with Crippen molar-refractivity contribution in [3.8, 4) is 5.75 Å². The monoisotopic (exact) mass is 482 g/mol. The molecule has 0 bridgehead atoms. The maximum absolute atomic E-state index is 13.5. The summed E-state index contributed by atoms with van der Waals surface area (Å²) >= 11 is 0. The van der Waals surface area contributed by atoms with E-state index in [-0.39, 0.29) is 17.7 Å². The molecule has 0 unspecified atom stereocenters. The smallest absolute Gasteiger partial charge is 0.236 e. The van der Waals surface area contributed by atoms with Gasteiger partial charge in [-0.15, -0.1) is 6.58 Å². The standard InChI is InChI=1S/C30H34N4O2/c1-3-18-17-34-13-11-30(23-9-8-20(35)16-25(23)32-29(30)36)27(34)15-19(18)14-26-28-22(10-12-33(26)2)21-6-4-5-7-24(21)31-28/h3-9,16,18-19,26-27,31,35H,1,10-15,17H2,2H3,(H,32,36)/t18-,19+,26-,27-,30-/m0/s1. The van der Waals surface area contributed by atoms with Crippen LogP contribution in [0.2, 0.25) is 0 Å². The van der Waals surface area contributed by atoms with Crippen LogP contribution in [0.1, 0.15) is 42.1 Å². The second-order valence-electron chi connectivity index (χ2n) is 11.4. The molecule has 5 heterocycles. The van der Waals surface area contributed by atoms with Gasteiger partial charge in [0.1, 0.15) is 5.75 Å². The topological polar surface area (TPSA) is 71.6 Å². The van der Waals surface area contributed by atoms with Crippen LogP contribution in [0.25, 0.3) is 10.9 Å². The number of H-pyrrole nitrogens is 1. The molecule has 6 nitrogen and oxygen atoms in total. The maximum Gasteiger partial charge on any atom is 0.236 e. The molecule has 6 heteroatoms. The molecule has 0 radical (unpaired) electrons. The van der Waals surface area contributed by atoms with Crippen molar-refractivity contribution in [2.75, 3.05) is 32.0 Å². The van der Waals surface area contributed by atoms with Crippen LogP contribution in [0.3, 0.4) is 0 Å². The summed E-state index contributed by atoms with van der Waals surface area (Å²) in [5, 5.41) is 14.5. The molecular weight excluding hydrogens is 448 g/mol. The number of likely N-dealkylation sites (N-methyl/N-ethyl adjacent to an activating group) is 1. The largest absolute Gasteiger partial charge is 0.508 e. The zero-order valence-corrected chi connectivity index (χ0v) is 20.8. The number of fused-ring (bicyclic) bond motifs is 7. The van der Waals surface area contributed by atoms with Gasteiger partial charge in [-0.1, -0.05) is 30.3 Å². The molecule has 5 atom stereocenters. The predicted molar refractivity (Wildman–Crippen MR) is 142 cm³/mol. The Kier molecular flexibility index (Phi) is 4.89. The molecule has 3 N–H and O–H groups in total. The van der Waals surface area contributed by atoms with Crippen LogP contribution in [-0.4, -0.2) is 58.5 Å². The fraction of sp³-hybridized carbons (Fsp3) is 0.433. The van der Waals surface area contributed by atoms with Crippen molar-refractivity contribution in [2.45, 2.75) is 43.2 Å². The van der Waals surface area contributed by atoms with Crippen LogP contribution < -0.4 is 5.32 Å². The number of anilines is 1. The quantitative estimate of drug-likeness (QED) is 0.478. The van der Waals surface area contributed by atoms with E-state index in [0.717, 1.165) is 56.6 Å². The fourth-order valence-corrected chi connectivity index (χ4v) is 7.93. The first-order chi connectivity index (χ1) is 17.5. The summed E-state index contributed by atoms with van der Waals surface area (Å²) in [5.41, 5.74) is 5.38. The molecule has 2 aromatic carbocycles. The molecule has 36 heavy (non-hydrogen) atoms. The zero-order chi connectivity index (χ0) is 24.6. The Morgan fingerprint density at radius 3 is 2.94 bits per heavy atom. The fourth-order valence-electron chi connectivity index (χ4n) is 7.93. The van der Waals surface area contributed by atoms with E-state index in [9.17, 15) is 9.90 Å². The number of amides is 1. The lowest BCUT2D eigenvalue weighted by molar-refractivity contribution is -0.122. The number of aromatic amines is 1. The van der Waals surface area contributed by atoms with Crippen molar-refractivity contribution >= 4 is 22.5 Å². The van der Waals surface area contributed by atoms with Crippen LogP contribution in [0.5, 0.6) is 5.75 Å². The van der Waals surface area contributed by atoms with Crippen molar-refractivity contribution in [2.24, 2.45) is 11.8 Å². The van der Waals surface area contributed by atoms with E-state index in [4.69, 9.17) is 0 Å². The Labute approximate surface area is 212 Å². The molecule has 0 aliphatic carbocycles. The Balaban J connectivity index is 1.24. The van der Waals surface area contributed by atoms with Gasteiger partial charge in [-0.2, -0.15) is 0 Å². The van der Waals surface area contributed by atoms with Gasteiger partial charge in [0.2, 0.25) is 5.91 Å². The van der Waals surface area contributed by atoms with Gasteiger partial charge < -0.3 is 15.4 Å². The van der Waals surface area contributed by atoms with Crippen molar-refractivity contribution in [3.05, 3.63) is 71.9 Å². The van der Waals surface area contributed by atoms with Gasteiger partial charge in [-0.3, -0.25) is 14.6 Å². The summed E-state index contributed by atoms with van der Waals surface area (Å²) in [4.78, 5) is 22.3. The second-order valence-corrected chi connectivity index (χ2v) is 11.4. The highest BCUT2D eigenvalue weighted by molar-refractivity contribution is 6.07. The number of nitrogens with zero attached hydrogens (tertiary/aromatic N) is 2. The van der Waals surface area contributed by atoms with E-state index in [1.807, 2.05) is 6.07 Å². The van der Waals surface area contributed by atoms with Gasteiger partial charge in [-0.05, 0) is 74.4 Å². The molecule has 3 aromatic rings. The highest BCUT2D eigenvalue weighted by Crippen LogP contribution is 2.54. The van der Waals surface area contributed by atoms with E-state index in [0.29, 0.717) is 17.9 Å². The van der Waals surface area contributed by atoms with Crippen LogP contribution in [0, 0.1) is 11.8 Å². The Bertz CT molecular complexity index is 1380. The van der Waals surface area contributed by atoms with Crippen LogP contribution in [-0.2, 0) is 16.6 Å². The van der Waals surface area contributed by atoms with Gasteiger partial charge >= 0.3 is 0 Å². The number of para-hydroxylation sites is 1. The third-order valence-electron chi connectivity index (χ3n) is 9.77. The number of carbonyl (C=O) groups is 1. The number of hydrogen-bond acceptors (Lipinski definition) is 4. The summed E-state index contributed by atoms with van der Waals surface area (Å²) in [6.07, 6.45) is 6.09. The van der Waals surface area contributed by atoms with Crippen molar-refractivity contribution in [1.82, 2.24) is 14.8 Å². The first-order valence-corrected chi connectivity index (χ1v) is 13.3. The summed E-state index contributed by atoms with van der Waals surface area (Å²) in [7, 11) is 2.25. The molecule has 1 aromatic heterocycles. The zero-order valence-electron chi connectivity index (χ0n) is 20.8. The number of hydrogen-bond donors (Lipinski definition) is 3. The first-order valence-electron chi connectivity index (χ1n) is 13.3. The number of aromatic nitrogens is 1. The number of piperidine rings is 1. The summed E-state index contributed by atoms with van der Waals surface area (Å²) in [6, 6.07) is 14.6. The van der Waals surface area contributed by atoms with Gasteiger partial charge in [0, 0.05) is 47.5 Å². The minimum Gasteiger partial charge on any atom is -0.508 e. The number of aromatic hydroxyl groups is 1. The molecule has 186 valence electrons.